The van der Waals surface area contributed by atoms with E-state index in [0.29, 0.717) is 0 Å². The number of carboxylic acids is 1. The maximum absolute atomic E-state index is 9.96. The number of hydrogen-bond donors (Lipinski definition) is 1. The van der Waals surface area contributed by atoms with Crippen LogP contribution in [0.4, 0.5) is 0 Å². The van der Waals surface area contributed by atoms with Gasteiger partial charge in [-0.2, -0.15) is 0 Å². The zero-order valence-electron chi connectivity index (χ0n) is 4.92. The van der Waals surface area contributed by atoms with Crippen LogP contribution < -0.4 is 0 Å². The molecular formula is C5H11O2P. The molecule has 1 N–H and O–H groups in total. The Morgan fingerprint density at radius 2 is 2.38 bits per heavy atom. The van der Waals surface area contributed by atoms with Crippen LogP contribution in [0.1, 0.15) is 19.8 Å². The lowest BCUT2D eigenvalue weighted by Crippen LogP contribution is -2.04. The van der Waals surface area contributed by atoms with Crippen LogP contribution in [0.5, 0.6) is 0 Å². The number of rotatable bonds is 3. The molecule has 48 valence electrons. The third kappa shape index (κ3) is 4.07. The maximum atomic E-state index is 9.96. The van der Waals surface area contributed by atoms with Gasteiger partial charge in [-0.15, -0.1) is 9.24 Å². The van der Waals surface area contributed by atoms with Gasteiger partial charge in [0.25, 0.3) is 0 Å². The molecule has 0 aliphatic heterocycles. The van der Waals surface area contributed by atoms with Gasteiger partial charge in [0.15, 0.2) is 0 Å². The summed E-state index contributed by atoms with van der Waals surface area (Å²) in [6, 6.07) is 0. The molecular weight excluding hydrogens is 123 g/mol. The van der Waals surface area contributed by atoms with Gasteiger partial charge >= 0.3 is 5.97 Å². The maximum Gasteiger partial charge on any atom is 0.303 e. The molecule has 0 bridgehead atoms. The van der Waals surface area contributed by atoms with E-state index < -0.39 is 5.97 Å². The number of hydrogen-bond acceptors (Lipinski definition) is 1. The van der Waals surface area contributed by atoms with E-state index in [1.807, 2.05) is 6.92 Å². The molecule has 0 saturated carbocycles. The average Bonchev–Trinajstić information content (AvgIpc) is 1.65. The molecule has 0 aliphatic rings. The van der Waals surface area contributed by atoms with Gasteiger partial charge in [-0.3, -0.25) is 4.79 Å². The standard InChI is InChI=1S/C5H11O2P/c1-2-4(8)3-5(6)7/h4H,2-3,8H2,1H3,(H,6,7). The van der Waals surface area contributed by atoms with Gasteiger partial charge in [0.05, 0.1) is 6.42 Å². The summed E-state index contributed by atoms with van der Waals surface area (Å²) < 4.78 is 0. The van der Waals surface area contributed by atoms with Gasteiger partial charge in [0.2, 0.25) is 0 Å². The minimum Gasteiger partial charge on any atom is -0.481 e. The Kier molecular flexibility index (Phi) is 3.80. The van der Waals surface area contributed by atoms with Crippen molar-refractivity contribution in [2.75, 3.05) is 0 Å². The first-order valence-electron chi connectivity index (χ1n) is 2.64. The van der Waals surface area contributed by atoms with Crippen LogP contribution in [-0.2, 0) is 4.79 Å². The second-order valence-corrected chi connectivity index (χ2v) is 2.71. The van der Waals surface area contributed by atoms with E-state index in [-0.39, 0.29) is 12.1 Å². The highest BCUT2D eigenvalue weighted by Gasteiger charge is 2.02. The Morgan fingerprint density at radius 3 is 2.50 bits per heavy atom. The Balaban J connectivity index is 3.24. The summed E-state index contributed by atoms with van der Waals surface area (Å²) in [5.41, 5.74) is 0.243. The first-order chi connectivity index (χ1) is 3.66. The molecule has 0 aromatic heterocycles. The van der Waals surface area contributed by atoms with E-state index in [2.05, 4.69) is 9.24 Å². The Bertz CT molecular complexity index is 82.5. The molecule has 0 amide bonds. The molecule has 0 aliphatic carbocycles. The molecule has 0 heterocycles. The van der Waals surface area contributed by atoms with Crippen LogP contribution in [0.3, 0.4) is 0 Å². The normalized spacial score (nSPS) is 13.2. The topological polar surface area (TPSA) is 37.3 Å². The SMILES string of the molecule is CCC(P)CC(=O)O. The Morgan fingerprint density at radius 1 is 1.88 bits per heavy atom. The summed E-state index contributed by atoms with van der Waals surface area (Å²) in [5.74, 6) is -0.716. The van der Waals surface area contributed by atoms with Crippen molar-refractivity contribution in [3.8, 4) is 0 Å². The quantitative estimate of drug-likeness (QED) is 0.587. The summed E-state index contributed by atoms with van der Waals surface area (Å²) in [7, 11) is 2.50. The van der Waals surface area contributed by atoms with Crippen LogP contribution in [0.2, 0.25) is 0 Å². The summed E-state index contributed by atoms with van der Waals surface area (Å²) in [5, 5.41) is 8.20. The molecule has 0 saturated heterocycles. The smallest absolute Gasteiger partial charge is 0.303 e. The fourth-order valence-corrected chi connectivity index (χ4v) is 0.570. The van der Waals surface area contributed by atoms with Crippen LogP contribution in [0, 0.1) is 0 Å². The zero-order valence-corrected chi connectivity index (χ0v) is 6.08. The highest BCUT2D eigenvalue weighted by molar-refractivity contribution is 7.17. The average molecular weight is 134 g/mol. The molecule has 0 aromatic rings. The predicted molar refractivity (Wildman–Crippen MR) is 36.0 cm³/mol. The van der Waals surface area contributed by atoms with Gasteiger partial charge in [0.1, 0.15) is 0 Å². The monoisotopic (exact) mass is 134 g/mol. The Hall–Kier alpha value is -0.100. The van der Waals surface area contributed by atoms with Crippen LogP contribution in [-0.4, -0.2) is 16.7 Å². The molecule has 0 radical (unpaired) electrons. The van der Waals surface area contributed by atoms with Crippen molar-refractivity contribution in [2.45, 2.75) is 25.4 Å². The molecule has 3 heteroatoms. The van der Waals surface area contributed by atoms with E-state index in [1.54, 1.807) is 0 Å². The van der Waals surface area contributed by atoms with Crippen molar-refractivity contribution in [2.24, 2.45) is 0 Å². The molecule has 0 rings (SSSR count). The lowest BCUT2D eigenvalue weighted by Gasteiger charge is -2.00. The third-order valence-corrected chi connectivity index (χ3v) is 1.67. The molecule has 0 aromatic carbocycles. The van der Waals surface area contributed by atoms with Crippen molar-refractivity contribution >= 4 is 15.2 Å². The van der Waals surface area contributed by atoms with Gasteiger partial charge in [-0.1, -0.05) is 6.92 Å². The van der Waals surface area contributed by atoms with E-state index in [0.717, 1.165) is 6.42 Å². The Labute approximate surface area is 51.5 Å². The summed E-state index contributed by atoms with van der Waals surface area (Å²) in [4.78, 5) is 9.96. The van der Waals surface area contributed by atoms with Crippen molar-refractivity contribution in [3.63, 3.8) is 0 Å². The van der Waals surface area contributed by atoms with E-state index in [9.17, 15) is 4.79 Å². The van der Waals surface area contributed by atoms with Crippen molar-refractivity contribution in [3.05, 3.63) is 0 Å². The van der Waals surface area contributed by atoms with Crippen molar-refractivity contribution in [1.29, 1.82) is 0 Å². The lowest BCUT2D eigenvalue weighted by molar-refractivity contribution is -0.136. The van der Waals surface area contributed by atoms with E-state index in [1.165, 1.54) is 0 Å². The van der Waals surface area contributed by atoms with Crippen LogP contribution in [0.25, 0.3) is 0 Å². The summed E-state index contributed by atoms with van der Waals surface area (Å²) in [6.07, 6.45) is 1.18. The van der Waals surface area contributed by atoms with Gasteiger partial charge in [-0.05, 0) is 12.1 Å². The van der Waals surface area contributed by atoms with Gasteiger partial charge < -0.3 is 5.11 Å². The van der Waals surface area contributed by atoms with E-state index in [4.69, 9.17) is 5.11 Å². The fraction of sp³-hybridized carbons (Fsp3) is 0.800. The van der Waals surface area contributed by atoms with Crippen LogP contribution >= 0.6 is 9.24 Å². The molecule has 2 unspecified atom stereocenters. The largest absolute Gasteiger partial charge is 0.481 e. The minimum absolute atomic E-state index is 0.243. The first-order valence-corrected chi connectivity index (χ1v) is 3.30. The summed E-state index contributed by atoms with van der Waals surface area (Å²) in [6.45, 7) is 1.97. The molecule has 0 spiro atoms. The van der Waals surface area contributed by atoms with Gasteiger partial charge in [0, 0.05) is 0 Å². The summed E-state index contributed by atoms with van der Waals surface area (Å²) >= 11 is 0. The number of carboxylic acid groups (broad SMARTS) is 1. The van der Waals surface area contributed by atoms with Crippen LogP contribution in [0.15, 0.2) is 0 Å². The number of aliphatic carboxylic acids is 1. The van der Waals surface area contributed by atoms with Gasteiger partial charge in [-0.25, -0.2) is 0 Å². The second-order valence-electron chi connectivity index (χ2n) is 1.77. The second kappa shape index (κ2) is 3.85. The molecule has 2 atom stereocenters. The first kappa shape index (κ1) is 7.90. The van der Waals surface area contributed by atoms with E-state index >= 15 is 0 Å². The molecule has 0 fully saturated rings. The lowest BCUT2D eigenvalue weighted by atomic mass is 10.2. The molecule has 2 nitrogen and oxygen atoms in total. The third-order valence-electron chi connectivity index (χ3n) is 0.961. The van der Waals surface area contributed by atoms with Crippen molar-refractivity contribution < 1.29 is 9.90 Å². The van der Waals surface area contributed by atoms with Crippen molar-refractivity contribution in [1.82, 2.24) is 0 Å². The highest BCUT2D eigenvalue weighted by atomic mass is 31.0. The number of carbonyl (C=O) groups is 1. The highest BCUT2D eigenvalue weighted by Crippen LogP contribution is 2.08. The minimum atomic E-state index is -0.716. The fourth-order valence-electron chi connectivity index (χ4n) is 0.369. The predicted octanol–water partition coefficient (Wildman–Crippen LogP) is 1.11. The molecule has 8 heavy (non-hydrogen) atoms. The zero-order chi connectivity index (χ0) is 6.57.